The third kappa shape index (κ3) is 3.44. The van der Waals surface area contributed by atoms with E-state index in [1.807, 2.05) is 0 Å². The smallest absolute Gasteiger partial charge is 0.171 e. The zero-order chi connectivity index (χ0) is 22.0. The predicted octanol–water partition coefficient (Wildman–Crippen LogP) is 3.59. The van der Waals surface area contributed by atoms with Gasteiger partial charge in [-0.15, -0.1) is 0 Å². The Bertz CT molecular complexity index is 646. The molecule has 178 valence electrons. The van der Waals surface area contributed by atoms with E-state index in [1.165, 1.54) is 12.8 Å². The summed E-state index contributed by atoms with van der Waals surface area (Å²) in [7, 11) is 0. The van der Waals surface area contributed by atoms with Crippen molar-refractivity contribution in [1.29, 1.82) is 0 Å². The van der Waals surface area contributed by atoms with E-state index < -0.39 is 0 Å². The second-order valence-corrected chi connectivity index (χ2v) is 12.2. The first-order valence-electron chi connectivity index (χ1n) is 13.0. The number of ether oxygens (including phenoxy) is 2. The minimum Gasteiger partial charge on any atom is -0.396 e. The van der Waals surface area contributed by atoms with Crippen molar-refractivity contribution >= 4 is 0 Å². The van der Waals surface area contributed by atoms with Crippen LogP contribution < -0.4 is 0 Å². The molecule has 5 fully saturated rings. The lowest BCUT2D eigenvalue weighted by Crippen LogP contribution is -2.51. The second kappa shape index (κ2) is 8.23. The normalized spacial score (nSPS) is 57.1. The minimum absolute atomic E-state index is 0.000359. The highest BCUT2D eigenvalue weighted by Gasteiger charge is 2.64. The van der Waals surface area contributed by atoms with Crippen molar-refractivity contribution in [2.75, 3.05) is 19.8 Å². The predicted molar refractivity (Wildman–Crippen MR) is 118 cm³/mol. The standard InChI is InChI=1S/C26H44O5/c1-15-6-9-26(30-14-15)16(2)24-19-4-5-22(21(13-28)20(19)11-23(24)31-26)25(3)8-7-18(29)10-17(25)12-27/h15-24,27-29H,4-14H2,1-3H3/t15?,16-,17+,18-,19-,20+,21-,22-,23-,24+,25-,26+/m0/s1. The van der Waals surface area contributed by atoms with E-state index in [2.05, 4.69) is 20.8 Å². The average molecular weight is 437 g/mol. The van der Waals surface area contributed by atoms with Crippen molar-refractivity contribution in [3.05, 3.63) is 0 Å². The summed E-state index contributed by atoms with van der Waals surface area (Å²) in [4.78, 5) is 0. The van der Waals surface area contributed by atoms with Crippen molar-refractivity contribution in [2.24, 2.45) is 52.8 Å². The maximum Gasteiger partial charge on any atom is 0.171 e. The molecule has 1 spiro atoms. The maximum absolute atomic E-state index is 10.6. The fourth-order valence-corrected chi connectivity index (χ4v) is 9.01. The summed E-state index contributed by atoms with van der Waals surface area (Å²) in [5.41, 5.74) is 0.000359. The third-order valence-electron chi connectivity index (χ3n) is 10.9. The van der Waals surface area contributed by atoms with Crippen LogP contribution in [0.4, 0.5) is 0 Å². The largest absolute Gasteiger partial charge is 0.396 e. The van der Waals surface area contributed by atoms with Gasteiger partial charge in [0.25, 0.3) is 0 Å². The van der Waals surface area contributed by atoms with Gasteiger partial charge in [-0.1, -0.05) is 20.8 Å². The molecular weight excluding hydrogens is 392 g/mol. The summed E-state index contributed by atoms with van der Waals surface area (Å²) in [5, 5.41) is 30.9. The molecule has 5 nitrogen and oxygen atoms in total. The van der Waals surface area contributed by atoms with Crippen LogP contribution in [0.1, 0.15) is 72.1 Å². The van der Waals surface area contributed by atoms with Crippen LogP contribution in [0.3, 0.4) is 0 Å². The Morgan fingerprint density at radius 2 is 1.74 bits per heavy atom. The fraction of sp³-hybridized carbons (Fsp3) is 1.00. The zero-order valence-corrected chi connectivity index (χ0v) is 19.7. The Kier molecular flexibility index (Phi) is 6.00. The Hall–Kier alpha value is -0.200. The van der Waals surface area contributed by atoms with Crippen molar-refractivity contribution in [3.8, 4) is 0 Å². The molecule has 3 saturated carbocycles. The molecule has 0 aromatic heterocycles. The van der Waals surface area contributed by atoms with Gasteiger partial charge in [0.1, 0.15) is 0 Å². The molecule has 2 heterocycles. The van der Waals surface area contributed by atoms with Crippen LogP contribution in [0, 0.1) is 52.8 Å². The molecule has 2 saturated heterocycles. The van der Waals surface area contributed by atoms with Gasteiger partial charge in [-0.25, -0.2) is 0 Å². The maximum atomic E-state index is 10.6. The van der Waals surface area contributed by atoms with Gasteiger partial charge in [0.05, 0.1) is 18.8 Å². The number of rotatable bonds is 3. The van der Waals surface area contributed by atoms with E-state index in [0.717, 1.165) is 38.7 Å². The van der Waals surface area contributed by atoms with Crippen molar-refractivity contribution in [3.63, 3.8) is 0 Å². The molecule has 1 unspecified atom stereocenters. The lowest BCUT2D eigenvalue weighted by molar-refractivity contribution is -0.272. The van der Waals surface area contributed by atoms with Gasteiger partial charge in [-0.05, 0) is 91.8 Å². The van der Waals surface area contributed by atoms with Gasteiger partial charge in [0, 0.05) is 25.6 Å². The van der Waals surface area contributed by atoms with Crippen LogP contribution in [0.5, 0.6) is 0 Å². The first kappa shape index (κ1) is 22.6. The lowest BCUT2D eigenvalue weighted by Gasteiger charge is -2.54. The Labute approximate surface area is 187 Å². The van der Waals surface area contributed by atoms with E-state index in [1.54, 1.807) is 0 Å². The molecule has 5 heteroatoms. The molecule has 2 aliphatic heterocycles. The zero-order valence-electron chi connectivity index (χ0n) is 19.7. The van der Waals surface area contributed by atoms with Gasteiger partial charge in [0.15, 0.2) is 5.79 Å². The topological polar surface area (TPSA) is 79.2 Å². The van der Waals surface area contributed by atoms with Gasteiger partial charge >= 0.3 is 0 Å². The molecule has 0 aromatic rings. The van der Waals surface area contributed by atoms with Crippen LogP contribution in [0.2, 0.25) is 0 Å². The van der Waals surface area contributed by atoms with Crippen molar-refractivity contribution < 1.29 is 24.8 Å². The molecular formula is C26H44O5. The van der Waals surface area contributed by atoms with Crippen LogP contribution in [-0.2, 0) is 9.47 Å². The molecule has 12 atom stereocenters. The van der Waals surface area contributed by atoms with E-state index in [4.69, 9.17) is 9.47 Å². The Morgan fingerprint density at radius 1 is 0.935 bits per heavy atom. The monoisotopic (exact) mass is 436 g/mol. The SMILES string of the molecule is CC1CC[C@@]2(OC1)O[C@H]1C[C@@H]3[C@H](CC[C@H]([C@@]4(C)CC[C@H](O)C[C@@H]4CO)[C@H]3CO)[C@H]1[C@@H]2C. The lowest BCUT2D eigenvalue weighted by atomic mass is 9.51. The highest BCUT2D eigenvalue weighted by molar-refractivity contribution is 5.09. The number of hydrogen-bond acceptors (Lipinski definition) is 5. The van der Waals surface area contributed by atoms with E-state index in [-0.39, 0.29) is 48.5 Å². The molecule has 5 aliphatic rings. The number of fused-ring (bicyclic) bond motifs is 3. The summed E-state index contributed by atoms with van der Waals surface area (Å²) in [6, 6.07) is 0. The average Bonchev–Trinajstić information content (AvgIpc) is 3.25. The van der Waals surface area contributed by atoms with Crippen molar-refractivity contribution in [2.45, 2.75) is 90.1 Å². The van der Waals surface area contributed by atoms with Crippen LogP contribution in [0.15, 0.2) is 0 Å². The second-order valence-electron chi connectivity index (χ2n) is 12.2. The summed E-state index contributed by atoms with van der Waals surface area (Å²) in [5.74, 6) is 3.15. The van der Waals surface area contributed by atoms with Crippen LogP contribution in [-0.4, -0.2) is 53.1 Å². The quantitative estimate of drug-likeness (QED) is 0.630. The summed E-state index contributed by atoms with van der Waals surface area (Å²) in [6.07, 6.45) is 8.01. The van der Waals surface area contributed by atoms with E-state index in [0.29, 0.717) is 41.9 Å². The van der Waals surface area contributed by atoms with E-state index >= 15 is 0 Å². The summed E-state index contributed by atoms with van der Waals surface area (Å²) < 4.78 is 13.1. The number of aliphatic hydroxyl groups is 3. The van der Waals surface area contributed by atoms with Gasteiger partial charge < -0.3 is 24.8 Å². The van der Waals surface area contributed by atoms with E-state index in [9.17, 15) is 15.3 Å². The molecule has 31 heavy (non-hydrogen) atoms. The molecule has 0 bridgehead atoms. The van der Waals surface area contributed by atoms with Crippen molar-refractivity contribution in [1.82, 2.24) is 0 Å². The van der Waals surface area contributed by atoms with Gasteiger partial charge in [0.2, 0.25) is 0 Å². The Morgan fingerprint density at radius 3 is 2.42 bits per heavy atom. The van der Waals surface area contributed by atoms with Gasteiger partial charge in [-0.3, -0.25) is 0 Å². The highest BCUT2D eigenvalue weighted by atomic mass is 16.7. The number of hydrogen-bond donors (Lipinski definition) is 3. The van der Waals surface area contributed by atoms with Crippen LogP contribution in [0.25, 0.3) is 0 Å². The fourth-order valence-electron chi connectivity index (χ4n) is 9.01. The molecule has 3 N–H and O–H groups in total. The Balaban J connectivity index is 1.35. The molecule has 0 amide bonds. The first-order chi connectivity index (χ1) is 14.8. The highest BCUT2D eigenvalue weighted by Crippen LogP contribution is 2.64. The molecule has 0 radical (unpaired) electrons. The third-order valence-corrected chi connectivity index (χ3v) is 10.9. The van der Waals surface area contributed by atoms with Crippen LogP contribution >= 0.6 is 0 Å². The molecule has 5 rings (SSSR count). The first-order valence-corrected chi connectivity index (χ1v) is 13.0. The summed E-state index contributed by atoms with van der Waals surface area (Å²) >= 11 is 0. The minimum atomic E-state index is -0.369. The van der Waals surface area contributed by atoms with Gasteiger partial charge in [-0.2, -0.15) is 0 Å². The molecule has 3 aliphatic carbocycles. The molecule has 0 aromatic carbocycles. The summed E-state index contributed by atoms with van der Waals surface area (Å²) in [6.45, 7) is 8.13. The number of aliphatic hydroxyl groups excluding tert-OH is 3.